The van der Waals surface area contributed by atoms with E-state index >= 15 is 0 Å². The number of imidazole rings is 1. The predicted octanol–water partition coefficient (Wildman–Crippen LogP) is 13.4. The Hall–Kier alpha value is -6.26. The van der Waals surface area contributed by atoms with E-state index in [9.17, 15) is 5.11 Å². The van der Waals surface area contributed by atoms with Crippen molar-refractivity contribution in [3.05, 3.63) is 168 Å². The first kappa shape index (κ1) is 35.8. The highest BCUT2D eigenvalue weighted by Gasteiger charge is 2.29. The van der Waals surface area contributed by atoms with Gasteiger partial charge in [-0.25, -0.2) is 4.98 Å². The molecule has 55 heavy (non-hydrogen) atoms. The summed E-state index contributed by atoms with van der Waals surface area (Å²) in [4.78, 5) is 10.4. The molecule has 4 heteroatoms. The maximum atomic E-state index is 12.3. The summed E-state index contributed by atoms with van der Waals surface area (Å²) < 4.78 is 2.25. The Kier molecular flexibility index (Phi) is 9.01. The average Bonchev–Trinajstić information content (AvgIpc) is 3.57. The molecule has 6 aromatic carbocycles. The number of fused-ring (bicyclic) bond motifs is 1. The van der Waals surface area contributed by atoms with Gasteiger partial charge < -0.3 is 5.11 Å². The molecule has 0 aliphatic carbocycles. The zero-order chi connectivity index (χ0) is 38.5. The van der Waals surface area contributed by atoms with Gasteiger partial charge in [0, 0.05) is 28.5 Å². The fourth-order valence-electron chi connectivity index (χ4n) is 7.58. The van der Waals surface area contributed by atoms with Gasteiger partial charge in [0.25, 0.3) is 0 Å². The molecule has 0 aliphatic rings. The van der Waals surface area contributed by atoms with Crippen LogP contribution < -0.4 is 0 Å². The first-order valence-electron chi connectivity index (χ1n) is 19.1. The Morgan fingerprint density at radius 3 is 1.89 bits per heavy atom. The quantitative estimate of drug-likeness (QED) is 0.186. The SMILES string of the molecule is Cc1cc(-c2cc(-c3ccccc3)ccn2)cc(-c2cccc3c2nc(-c2cc(C(C)(C)C)cc(C(C)(C)C)c2O)n3-c2ccccc2-c2ccccc2)c1. The molecule has 0 bridgehead atoms. The highest BCUT2D eigenvalue weighted by molar-refractivity contribution is 5.97. The summed E-state index contributed by atoms with van der Waals surface area (Å²) in [5.74, 6) is 0.961. The number of para-hydroxylation sites is 2. The molecule has 1 N–H and O–H groups in total. The first-order valence-corrected chi connectivity index (χ1v) is 19.1. The molecule has 0 saturated carbocycles. The number of benzene rings is 6. The number of hydrogen-bond acceptors (Lipinski definition) is 3. The van der Waals surface area contributed by atoms with Crippen molar-refractivity contribution in [3.63, 3.8) is 0 Å². The van der Waals surface area contributed by atoms with Crippen molar-refractivity contribution < 1.29 is 5.11 Å². The van der Waals surface area contributed by atoms with Crippen molar-refractivity contribution >= 4 is 11.0 Å². The summed E-state index contributed by atoms with van der Waals surface area (Å²) in [6.45, 7) is 15.3. The number of nitrogens with zero attached hydrogens (tertiary/aromatic N) is 3. The van der Waals surface area contributed by atoms with Crippen LogP contribution in [0, 0.1) is 6.92 Å². The van der Waals surface area contributed by atoms with Crippen molar-refractivity contribution in [2.24, 2.45) is 0 Å². The van der Waals surface area contributed by atoms with E-state index in [1.54, 1.807) is 0 Å². The van der Waals surface area contributed by atoms with Gasteiger partial charge >= 0.3 is 0 Å². The molecule has 0 unspecified atom stereocenters. The van der Waals surface area contributed by atoms with Crippen molar-refractivity contribution in [2.75, 3.05) is 0 Å². The van der Waals surface area contributed by atoms with Crippen molar-refractivity contribution in [2.45, 2.75) is 59.3 Å². The van der Waals surface area contributed by atoms with E-state index in [4.69, 9.17) is 9.97 Å². The van der Waals surface area contributed by atoms with Gasteiger partial charge in [0.2, 0.25) is 0 Å². The maximum absolute atomic E-state index is 12.3. The average molecular weight is 718 g/mol. The van der Waals surface area contributed by atoms with Gasteiger partial charge in [-0.05, 0) is 93.6 Å². The van der Waals surface area contributed by atoms with Crippen LogP contribution in [0.25, 0.3) is 72.7 Å². The van der Waals surface area contributed by atoms with Gasteiger partial charge in [0.15, 0.2) is 0 Å². The number of rotatable bonds is 6. The van der Waals surface area contributed by atoms with Gasteiger partial charge in [0.1, 0.15) is 11.6 Å². The van der Waals surface area contributed by atoms with E-state index in [-0.39, 0.29) is 16.6 Å². The van der Waals surface area contributed by atoms with Crippen molar-refractivity contribution in [3.8, 4) is 67.5 Å². The van der Waals surface area contributed by atoms with E-state index in [0.29, 0.717) is 11.4 Å². The minimum atomic E-state index is -0.298. The molecule has 0 aliphatic heterocycles. The van der Waals surface area contributed by atoms with Crippen LogP contribution in [0.3, 0.4) is 0 Å². The monoisotopic (exact) mass is 717 g/mol. The van der Waals surface area contributed by atoms with Crippen LogP contribution in [-0.4, -0.2) is 19.6 Å². The van der Waals surface area contributed by atoms with Crippen molar-refractivity contribution in [1.82, 2.24) is 14.5 Å². The lowest BCUT2D eigenvalue weighted by Crippen LogP contribution is -2.17. The molecule has 2 heterocycles. The smallest absolute Gasteiger partial charge is 0.149 e. The van der Waals surface area contributed by atoms with Crippen LogP contribution in [0.5, 0.6) is 5.75 Å². The third-order valence-electron chi connectivity index (χ3n) is 10.5. The van der Waals surface area contributed by atoms with Crippen LogP contribution in [0.1, 0.15) is 58.2 Å². The molecule has 0 amide bonds. The standard InChI is InChI=1S/C51H47N3O/c1-33-27-37(29-38(28-33)44-30-36(25-26-52-44)34-17-10-8-11-18-34)41-22-16-24-46-47(41)53-49(42-31-39(50(2,3)4)32-43(48(42)55)51(5,6)7)54(46)45-23-15-14-21-40(45)35-19-12-9-13-20-35/h8-32,55H,1-7H3. The largest absolute Gasteiger partial charge is 0.507 e. The zero-order valence-electron chi connectivity index (χ0n) is 32.7. The minimum Gasteiger partial charge on any atom is -0.507 e. The van der Waals surface area contributed by atoms with Gasteiger partial charge in [-0.3, -0.25) is 9.55 Å². The lowest BCUT2D eigenvalue weighted by atomic mass is 9.79. The van der Waals surface area contributed by atoms with Crippen LogP contribution in [0.2, 0.25) is 0 Å². The summed E-state index contributed by atoms with van der Waals surface area (Å²) in [7, 11) is 0. The molecule has 4 nitrogen and oxygen atoms in total. The number of aryl methyl sites for hydroxylation is 1. The third-order valence-corrected chi connectivity index (χ3v) is 10.5. The second kappa shape index (κ2) is 13.9. The van der Waals surface area contributed by atoms with Gasteiger partial charge in [-0.1, -0.05) is 145 Å². The highest BCUT2D eigenvalue weighted by atomic mass is 16.3. The molecular weight excluding hydrogens is 671 g/mol. The van der Waals surface area contributed by atoms with E-state index in [2.05, 4.69) is 186 Å². The van der Waals surface area contributed by atoms with Crippen LogP contribution in [0.15, 0.2) is 152 Å². The first-order chi connectivity index (χ1) is 26.4. The lowest BCUT2D eigenvalue weighted by molar-refractivity contribution is 0.446. The molecule has 0 saturated heterocycles. The second-order valence-electron chi connectivity index (χ2n) is 16.6. The van der Waals surface area contributed by atoms with Gasteiger partial charge in [-0.15, -0.1) is 0 Å². The number of aromatic hydroxyl groups is 1. The minimum absolute atomic E-state index is 0.157. The molecule has 0 radical (unpaired) electrons. The normalized spacial score (nSPS) is 12.0. The molecule has 272 valence electrons. The van der Waals surface area contributed by atoms with E-state index in [1.165, 1.54) is 0 Å². The lowest BCUT2D eigenvalue weighted by Gasteiger charge is -2.27. The van der Waals surface area contributed by atoms with Gasteiger partial charge in [-0.2, -0.15) is 0 Å². The summed E-state index contributed by atoms with van der Waals surface area (Å²) >= 11 is 0. The Morgan fingerprint density at radius 1 is 0.527 bits per heavy atom. The maximum Gasteiger partial charge on any atom is 0.149 e. The number of phenolic OH excluding ortho intramolecular Hbond substituents is 1. The van der Waals surface area contributed by atoms with E-state index in [0.717, 1.165) is 78.0 Å². The molecule has 8 rings (SSSR count). The fourth-order valence-corrected chi connectivity index (χ4v) is 7.58. The Labute approximate surface area is 324 Å². The molecule has 0 spiro atoms. The predicted molar refractivity (Wildman–Crippen MR) is 230 cm³/mol. The Bertz CT molecular complexity index is 2680. The highest BCUT2D eigenvalue weighted by Crippen LogP contribution is 2.45. The number of pyridine rings is 1. The van der Waals surface area contributed by atoms with Gasteiger partial charge in [0.05, 0.1) is 28.0 Å². The topological polar surface area (TPSA) is 50.9 Å². The van der Waals surface area contributed by atoms with Crippen molar-refractivity contribution in [1.29, 1.82) is 0 Å². The number of aromatic nitrogens is 3. The zero-order valence-corrected chi connectivity index (χ0v) is 32.7. The molecular formula is C51H47N3O. The second-order valence-corrected chi connectivity index (χ2v) is 16.6. The number of phenols is 1. The third kappa shape index (κ3) is 6.85. The fraction of sp³-hybridized carbons (Fsp3) is 0.176. The number of hydrogen-bond donors (Lipinski definition) is 1. The van der Waals surface area contributed by atoms with Crippen LogP contribution in [-0.2, 0) is 10.8 Å². The summed E-state index contributed by atoms with van der Waals surface area (Å²) in [5, 5.41) is 12.3. The summed E-state index contributed by atoms with van der Waals surface area (Å²) in [5.41, 5.74) is 14.8. The summed E-state index contributed by atoms with van der Waals surface area (Å²) in [6, 6.07) is 51.0. The molecule has 0 fully saturated rings. The molecule has 0 atom stereocenters. The van der Waals surface area contributed by atoms with Crippen LogP contribution in [0.4, 0.5) is 0 Å². The Morgan fingerprint density at radius 2 is 1.18 bits per heavy atom. The van der Waals surface area contributed by atoms with Crippen LogP contribution >= 0.6 is 0 Å². The molecule has 8 aromatic rings. The Balaban J connectivity index is 1.41. The summed E-state index contributed by atoms with van der Waals surface area (Å²) in [6.07, 6.45) is 1.89. The van der Waals surface area contributed by atoms with E-state index in [1.807, 2.05) is 18.3 Å². The molecule has 2 aromatic heterocycles. The van der Waals surface area contributed by atoms with E-state index < -0.39 is 0 Å².